The maximum atomic E-state index is 2.56. The van der Waals surface area contributed by atoms with E-state index in [0.29, 0.717) is 0 Å². The summed E-state index contributed by atoms with van der Waals surface area (Å²) in [6.45, 7) is 0. The molecule has 3 heteroatoms. The predicted molar refractivity (Wildman–Crippen MR) is 230 cm³/mol. The zero-order chi connectivity index (χ0) is 35.6. The fraction of sp³-hybridized carbons (Fsp3) is 0.0980. The average Bonchev–Trinajstić information content (AvgIpc) is 3.93. The van der Waals surface area contributed by atoms with Gasteiger partial charge in [-0.1, -0.05) is 115 Å². The SMILES string of the molecule is c1ccc(N(c2ccccc2)c2cccc3c2[C@@]2(CC3)CCc3cccc(N(c4ccc5ccccc5c4)c4ccc5c(c4)sc4ccccc45)c32)cc1. The van der Waals surface area contributed by atoms with Crippen molar-refractivity contribution in [1.29, 1.82) is 0 Å². The largest absolute Gasteiger partial charge is 0.310 e. The third-order valence-corrected chi connectivity index (χ3v) is 13.1. The predicted octanol–water partition coefficient (Wildman–Crippen LogP) is 14.3. The molecule has 0 N–H and O–H groups in total. The lowest BCUT2D eigenvalue weighted by Crippen LogP contribution is -2.27. The Kier molecular flexibility index (Phi) is 7.25. The molecule has 2 nitrogen and oxygen atoms in total. The Morgan fingerprint density at radius 2 is 0.926 bits per heavy atom. The topological polar surface area (TPSA) is 6.48 Å². The lowest BCUT2D eigenvalue weighted by atomic mass is 9.74. The quantitative estimate of drug-likeness (QED) is 0.169. The van der Waals surface area contributed by atoms with Crippen LogP contribution in [-0.2, 0) is 18.3 Å². The minimum absolute atomic E-state index is 0.128. The molecule has 0 unspecified atom stereocenters. The molecule has 1 spiro atoms. The van der Waals surface area contributed by atoms with Crippen LogP contribution in [0.3, 0.4) is 0 Å². The van der Waals surface area contributed by atoms with E-state index in [9.17, 15) is 0 Å². The highest BCUT2D eigenvalue weighted by atomic mass is 32.1. The molecule has 11 rings (SSSR count). The van der Waals surface area contributed by atoms with Crippen molar-refractivity contribution in [2.45, 2.75) is 31.1 Å². The molecule has 0 bridgehead atoms. The molecule has 0 saturated carbocycles. The molecule has 54 heavy (non-hydrogen) atoms. The Labute approximate surface area is 320 Å². The lowest BCUT2D eigenvalue weighted by molar-refractivity contribution is 0.508. The Hall–Kier alpha value is -6.16. The zero-order valence-electron chi connectivity index (χ0n) is 30.0. The van der Waals surface area contributed by atoms with E-state index >= 15 is 0 Å². The normalized spacial score (nSPS) is 15.9. The Morgan fingerprint density at radius 3 is 1.61 bits per heavy atom. The van der Waals surface area contributed by atoms with Crippen molar-refractivity contribution in [1.82, 2.24) is 0 Å². The summed E-state index contributed by atoms with van der Waals surface area (Å²) in [5.41, 5.74) is 13.1. The van der Waals surface area contributed by atoms with Gasteiger partial charge < -0.3 is 9.80 Å². The molecule has 8 aromatic carbocycles. The van der Waals surface area contributed by atoms with Crippen LogP contribution in [0.15, 0.2) is 182 Å². The number of hydrogen-bond acceptors (Lipinski definition) is 3. The number of thiophene rings is 1. The molecule has 2 aliphatic rings. The summed E-state index contributed by atoms with van der Waals surface area (Å²) < 4.78 is 2.65. The van der Waals surface area contributed by atoms with Crippen molar-refractivity contribution >= 4 is 76.4 Å². The molecule has 0 radical (unpaired) electrons. The third kappa shape index (κ3) is 4.85. The van der Waals surface area contributed by atoms with Crippen LogP contribution in [0.25, 0.3) is 30.9 Å². The van der Waals surface area contributed by atoms with Crippen molar-refractivity contribution < 1.29 is 0 Å². The standard InChI is InChI=1S/C51H38N2S/c1-3-17-39(18-4-1)52(40-19-5-2-6-20-40)45-22-11-15-36-29-31-51(49(36)45)32-30-37-16-12-23-46(50(37)51)53(41-26-25-35-13-7-8-14-38(35)33-41)42-27-28-44-43-21-9-10-24-47(43)54-48(44)34-42/h1-28,33-34H,29-32H2/t51-/m1/s1. The maximum absolute atomic E-state index is 2.56. The van der Waals surface area contributed by atoms with Gasteiger partial charge in [-0.25, -0.2) is 0 Å². The second kappa shape index (κ2) is 12.5. The summed E-state index contributed by atoms with van der Waals surface area (Å²) in [6.07, 6.45) is 4.33. The van der Waals surface area contributed by atoms with Crippen LogP contribution in [0.1, 0.15) is 35.1 Å². The van der Waals surface area contributed by atoms with Gasteiger partial charge in [0.05, 0.1) is 11.4 Å². The molecule has 0 fully saturated rings. The molecule has 0 amide bonds. The van der Waals surface area contributed by atoms with Gasteiger partial charge in [-0.05, 0) is 125 Å². The van der Waals surface area contributed by atoms with Gasteiger partial charge in [0.15, 0.2) is 0 Å². The van der Waals surface area contributed by atoms with Crippen molar-refractivity contribution in [2.75, 3.05) is 9.80 Å². The molecular weight excluding hydrogens is 673 g/mol. The third-order valence-electron chi connectivity index (χ3n) is 12.0. The molecule has 9 aromatic rings. The Balaban J connectivity index is 1.15. The number of fused-ring (bicyclic) bond motifs is 8. The first-order valence-corrected chi connectivity index (χ1v) is 19.9. The van der Waals surface area contributed by atoms with Gasteiger partial charge in [-0.2, -0.15) is 0 Å². The van der Waals surface area contributed by atoms with Crippen LogP contribution < -0.4 is 9.80 Å². The van der Waals surface area contributed by atoms with E-state index in [2.05, 4.69) is 192 Å². The van der Waals surface area contributed by atoms with E-state index in [1.807, 2.05) is 11.3 Å². The van der Waals surface area contributed by atoms with Gasteiger partial charge >= 0.3 is 0 Å². The molecule has 0 aliphatic heterocycles. The monoisotopic (exact) mass is 710 g/mol. The Bertz CT molecular complexity index is 2810. The van der Waals surface area contributed by atoms with E-state index in [-0.39, 0.29) is 5.41 Å². The summed E-state index contributed by atoms with van der Waals surface area (Å²) in [7, 11) is 0. The highest BCUT2D eigenvalue weighted by Gasteiger charge is 2.49. The average molecular weight is 711 g/mol. The number of hydrogen-bond donors (Lipinski definition) is 0. The van der Waals surface area contributed by atoms with Crippen molar-refractivity contribution in [3.05, 3.63) is 204 Å². The van der Waals surface area contributed by atoms with Crippen LogP contribution in [0.2, 0.25) is 0 Å². The van der Waals surface area contributed by atoms with Crippen molar-refractivity contribution in [3.63, 3.8) is 0 Å². The Morgan fingerprint density at radius 1 is 0.389 bits per heavy atom. The van der Waals surface area contributed by atoms with Crippen LogP contribution in [0.5, 0.6) is 0 Å². The highest BCUT2D eigenvalue weighted by Crippen LogP contribution is 2.60. The fourth-order valence-corrected chi connectivity index (χ4v) is 10.8. The lowest BCUT2D eigenvalue weighted by Gasteiger charge is -2.37. The van der Waals surface area contributed by atoms with Gasteiger partial charge in [0, 0.05) is 48.3 Å². The molecule has 258 valence electrons. The van der Waals surface area contributed by atoms with Gasteiger partial charge in [0.1, 0.15) is 0 Å². The minimum Gasteiger partial charge on any atom is -0.310 e. The van der Waals surface area contributed by atoms with Crippen LogP contribution in [0.4, 0.5) is 34.1 Å². The minimum atomic E-state index is -0.128. The number of anilines is 6. The van der Waals surface area contributed by atoms with Crippen LogP contribution >= 0.6 is 11.3 Å². The molecule has 1 aromatic heterocycles. The second-order valence-corrected chi connectivity index (χ2v) is 15.9. The number of benzene rings is 8. The van der Waals surface area contributed by atoms with Gasteiger partial charge in [0.25, 0.3) is 0 Å². The fourth-order valence-electron chi connectivity index (χ4n) is 9.69. The second-order valence-electron chi connectivity index (χ2n) is 14.9. The molecule has 0 saturated heterocycles. The number of para-hydroxylation sites is 2. The van der Waals surface area contributed by atoms with E-state index in [1.54, 1.807) is 0 Å². The van der Waals surface area contributed by atoms with E-state index in [0.717, 1.165) is 25.7 Å². The summed E-state index contributed by atoms with van der Waals surface area (Å²) in [4.78, 5) is 5.05. The summed E-state index contributed by atoms with van der Waals surface area (Å²) in [5.74, 6) is 0. The zero-order valence-corrected chi connectivity index (χ0v) is 30.8. The van der Waals surface area contributed by atoms with Crippen molar-refractivity contribution in [2.24, 2.45) is 0 Å². The maximum Gasteiger partial charge on any atom is 0.0505 e. The van der Waals surface area contributed by atoms with E-state index in [1.165, 1.54) is 87.3 Å². The molecule has 1 heterocycles. The first-order chi connectivity index (χ1) is 26.7. The van der Waals surface area contributed by atoms with Crippen LogP contribution in [-0.4, -0.2) is 0 Å². The van der Waals surface area contributed by atoms with Gasteiger partial charge in [-0.3, -0.25) is 0 Å². The number of rotatable bonds is 6. The molecule has 1 atom stereocenters. The van der Waals surface area contributed by atoms with Gasteiger partial charge in [-0.15, -0.1) is 11.3 Å². The number of nitrogens with zero attached hydrogens (tertiary/aromatic N) is 2. The van der Waals surface area contributed by atoms with Crippen LogP contribution in [0, 0.1) is 0 Å². The number of aryl methyl sites for hydroxylation is 2. The van der Waals surface area contributed by atoms with E-state index in [4.69, 9.17) is 0 Å². The smallest absolute Gasteiger partial charge is 0.0505 e. The molecule has 2 aliphatic carbocycles. The first kappa shape index (κ1) is 31.4. The summed E-state index contributed by atoms with van der Waals surface area (Å²) in [5, 5.41) is 5.16. The highest BCUT2D eigenvalue weighted by molar-refractivity contribution is 7.25. The summed E-state index contributed by atoms with van der Waals surface area (Å²) in [6, 6.07) is 67.6. The van der Waals surface area contributed by atoms with E-state index < -0.39 is 0 Å². The molecular formula is C51H38N2S. The van der Waals surface area contributed by atoms with Crippen molar-refractivity contribution in [3.8, 4) is 0 Å². The first-order valence-electron chi connectivity index (χ1n) is 19.1. The van der Waals surface area contributed by atoms with Gasteiger partial charge in [0.2, 0.25) is 0 Å². The summed E-state index contributed by atoms with van der Waals surface area (Å²) >= 11 is 1.89.